The van der Waals surface area contributed by atoms with Crippen LogP contribution >= 0.6 is 0 Å². The van der Waals surface area contributed by atoms with Gasteiger partial charge in [0.15, 0.2) is 0 Å². The Labute approximate surface area is 149 Å². The number of rotatable bonds is 11. The van der Waals surface area contributed by atoms with Crippen LogP contribution in [-0.4, -0.2) is 24.4 Å². The van der Waals surface area contributed by atoms with Crippen molar-refractivity contribution in [3.05, 3.63) is 59.7 Å². The molecule has 1 saturated carbocycles. The number of hydrogen-bond acceptors (Lipinski definition) is 4. The Balaban J connectivity index is 1.62. The third-order valence-corrected chi connectivity index (χ3v) is 4.18. The van der Waals surface area contributed by atoms with E-state index in [0.29, 0.717) is 19.3 Å². The lowest BCUT2D eigenvalue weighted by molar-refractivity contribution is 0.251. The van der Waals surface area contributed by atoms with Crippen LogP contribution in [-0.2, 0) is 13.2 Å². The van der Waals surface area contributed by atoms with Gasteiger partial charge in [-0.2, -0.15) is 0 Å². The molecule has 25 heavy (non-hydrogen) atoms. The number of unbranched alkanes of at least 4 members (excludes halogenated alkanes) is 1. The average Bonchev–Trinajstić information content (AvgIpc) is 3.47. The Hall–Kier alpha value is -2.04. The second kappa shape index (κ2) is 9.44. The van der Waals surface area contributed by atoms with Crippen molar-refractivity contribution < 1.29 is 14.6 Å². The van der Waals surface area contributed by atoms with E-state index in [9.17, 15) is 0 Å². The lowest BCUT2D eigenvalue weighted by Gasteiger charge is -2.13. The summed E-state index contributed by atoms with van der Waals surface area (Å²) in [5.41, 5.74) is 2.32. The molecule has 2 aromatic rings. The largest absolute Gasteiger partial charge is 0.493 e. The Morgan fingerprint density at radius 1 is 0.920 bits per heavy atom. The van der Waals surface area contributed by atoms with E-state index in [-0.39, 0.29) is 6.61 Å². The van der Waals surface area contributed by atoms with E-state index in [1.807, 2.05) is 24.3 Å². The molecule has 0 amide bonds. The maximum atomic E-state index is 8.87. The topological polar surface area (TPSA) is 50.7 Å². The molecule has 1 aliphatic carbocycles. The normalized spacial score (nSPS) is 13.6. The third-order valence-electron chi connectivity index (χ3n) is 4.18. The molecule has 0 saturated heterocycles. The predicted octanol–water partition coefficient (Wildman–Crippen LogP) is 3.67. The van der Waals surface area contributed by atoms with Crippen LogP contribution in [0.25, 0.3) is 0 Å². The molecule has 0 unspecified atom stereocenters. The summed E-state index contributed by atoms with van der Waals surface area (Å²) in [5, 5.41) is 12.4. The van der Waals surface area contributed by atoms with Crippen LogP contribution in [0.15, 0.2) is 48.5 Å². The first-order valence-electron chi connectivity index (χ1n) is 9.11. The lowest BCUT2D eigenvalue weighted by Crippen LogP contribution is -2.15. The van der Waals surface area contributed by atoms with Gasteiger partial charge in [-0.25, -0.2) is 0 Å². The lowest BCUT2D eigenvalue weighted by atomic mass is 10.2. The molecular formula is C21H27NO3. The van der Waals surface area contributed by atoms with Crippen LogP contribution in [0.4, 0.5) is 0 Å². The molecule has 134 valence electrons. The summed E-state index contributed by atoms with van der Waals surface area (Å²) in [4.78, 5) is 0. The van der Waals surface area contributed by atoms with E-state index in [4.69, 9.17) is 14.6 Å². The molecule has 0 atom stereocenters. The molecule has 0 heterocycles. The summed E-state index contributed by atoms with van der Waals surface area (Å²) in [7, 11) is 0. The van der Waals surface area contributed by atoms with E-state index in [0.717, 1.165) is 36.4 Å². The van der Waals surface area contributed by atoms with Gasteiger partial charge in [0.2, 0.25) is 0 Å². The Morgan fingerprint density at radius 2 is 1.68 bits per heavy atom. The van der Waals surface area contributed by atoms with Gasteiger partial charge in [0.25, 0.3) is 0 Å². The summed E-state index contributed by atoms with van der Waals surface area (Å²) in [5.74, 6) is 1.66. The molecule has 2 N–H and O–H groups in total. The van der Waals surface area contributed by atoms with E-state index in [1.54, 1.807) is 0 Å². The van der Waals surface area contributed by atoms with Gasteiger partial charge in [-0.3, -0.25) is 0 Å². The minimum absolute atomic E-state index is 0.208. The number of nitrogens with one attached hydrogen (secondary N) is 1. The van der Waals surface area contributed by atoms with E-state index < -0.39 is 0 Å². The first-order valence-corrected chi connectivity index (χ1v) is 9.11. The molecule has 0 spiro atoms. The van der Waals surface area contributed by atoms with Crippen molar-refractivity contribution in [1.82, 2.24) is 5.32 Å². The molecule has 0 aromatic heterocycles. The Bertz CT molecular complexity index is 641. The maximum Gasteiger partial charge on any atom is 0.123 e. The zero-order valence-electron chi connectivity index (χ0n) is 14.6. The van der Waals surface area contributed by atoms with Crippen LogP contribution < -0.4 is 14.8 Å². The monoisotopic (exact) mass is 341 g/mol. The van der Waals surface area contributed by atoms with Crippen LogP contribution in [0, 0.1) is 0 Å². The van der Waals surface area contributed by atoms with Gasteiger partial charge in [-0.05, 0) is 48.9 Å². The van der Waals surface area contributed by atoms with E-state index in [2.05, 4.69) is 29.6 Å². The fraction of sp³-hybridized carbons (Fsp3) is 0.429. The molecule has 3 rings (SSSR count). The summed E-state index contributed by atoms with van der Waals surface area (Å²) in [6.07, 6.45) is 4.16. The first-order chi connectivity index (χ1) is 12.3. The van der Waals surface area contributed by atoms with Crippen LogP contribution in [0.2, 0.25) is 0 Å². The predicted molar refractivity (Wildman–Crippen MR) is 98.9 cm³/mol. The fourth-order valence-electron chi connectivity index (χ4n) is 2.59. The van der Waals surface area contributed by atoms with Gasteiger partial charge < -0.3 is 19.9 Å². The molecule has 2 aromatic carbocycles. The smallest absolute Gasteiger partial charge is 0.123 e. The highest BCUT2D eigenvalue weighted by Crippen LogP contribution is 2.25. The van der Waals surface area contributed by atoms with Gasteiger partial charge in [-0.15, -0.1) is 0 Å². The highest BCUT2D eigenvalue weighted by atomic mass is 16.5. The van der Waals surface area contributed by atoms with Gasteiger partial charge >= 0.3 is 0 Å². The van der Waals surface area contributed by atoms with Gasteiger partial charge in [0.05, 0.1) is 6.61 Å². The highest BCUT2D eigenvalue weighted by Gasteiger charge is 2.20. The van der Waals surface area contributed by atoms with Gasteiger partial charge in [-0.1, -0.05) is 30.3 Å². The number of aliphatic hydroxyl groups is 1. The molecule has 4 heteroatoms. The summed E-state index contributed by atoms with van der Waals surface area (Å²) in [6.45, 7) is 2.20. The molecule has 1 fully saturated rings. The summed E-state index contributed by atoms with van der Waals surface area (Å²) in [6, 6.07) is 16.9. The van der Waals surface area contributed by atoms with Gasteiger partial charge in [0, 0.05) is 25.3 Å². The summed E-state index contributed by atoms with van der Waals surface area (Å²) >= 11 is 0. The second-order valence-electron chi connectivity index (χ2n) is 6.52. The quantitative estimate of drug-likeness (QED) is 0.612. The average molecular weight is 341 g/mol. The van der Waals surface area contributed by atoms with Gasteiger partial charge in [0.1, 0.15) is 18.1 Å². The van der Waals surface area contributed by atoms with Crippen molar-refractivity contribution >= 4 is 0 Å². The molecule has 1 aliphatic rings. The van der Waals surface area contributed by atoms with Crippen molar-refractivity contribution in [2.24, 2.45) is 0 Å². The van der Waals surface area contributed by atoms with E-state index >= 15 is 0 Å². The Kier molecular flexibility index (Phi) is 6.71. The van der Waals surface area contributed by atoms with Crippen LogP contribution in [0.3, 0.4) is 0 Å². The number of benzene rings is 2. The van der Waals surface area contributed by atoms with Crippen molar-refractivity contribution in [2.45, 2.75) is 44.9 Å². The minimum atomic E-state index is 0.208. The molecular weight excluding hydrogens is 314 g/mol. The zero-order chi connectivity index (χ0) is 17.3. The van der Waals surface area contributed by atoms with Crippen molar-refractivity contribution in [2.75, 3.05) is 13.2 Å². The Morgan fingerprint density at radius 3 is 2.40 bits per heavy atom. The SMILES string of the molecule is OCCCCOc1cc(CNC2CC2)cc(OCc2ccccc2)c1. The van der Waals surface area contributed by atoms with E-state index in [1.165, 1.54) is 18.4 Å². The minimum Gasteiger partial charge on any atom is -0.493 e. The zero-order valence-corrected chi connectivity index (χ0v) is 14.6. The highest BCUT2D eigenvalue weighted by molar-refractivity contribution is 5.38. The van der Waals surface area contributed by atoms with Crippen molar-refractivity contribution in [3.8, 4) is 11.5 Å². The van der Waals surface area contributed by atoms with Crippen LogP contribution in [0.1, 0.15) is 36.8 Å². The fourth-order valence-corrected chi connectivity index (χ4v) is 2.59. The van der Waals surface area contributed by atoms with Crippen molar-refractivity contribution in [1.29, 1.82) is 0 Å². The molecule has 4 nitrogen and oxygen atoms in total. The number of aliphatic hydroxyl groups excluding tert-OH is 1. The van der Waals surface area contributed by atoms with Crippen molar-refractivity contribution in [3.63, 3.8) is 0 Å². The first kappa shape index (κ1) is 17.8. The number of ether oxygens (including phenoxy) is 2. The third kappa shape index (κ3) is 6.40. The van der Waals surface area contributed by atoms with Crippen LogP contribution in [0.5, 0.6) is 11.5 Å². The summed E-state index contributed by atoms with van der Waals surface area (Å²) < 4.78 is 11.8. The molecule has 0 aliphatic heterocycles. The number of hydrogen-bond donors (Lipinski definition) is 2. The standard InChI is InChI=1S/C21H27NO3/c23-10-4-5-11-24-20-12-18(15-22-19-8-9-19)13-21(14-20)25-16-17-6-2-1-3-7-17/h1-3,6-7,12-14,19,22-23H,4-5,8-11,15-16H2. The maximum absolute atomic E-state index is 8.87. The molecule has 0 radical (unpaired) electrons. The second-order valence-corrected chi connectivity index (χ2v) is 6.52. The molecule has 0 bridgehead atoms.